The van der Waals surface area contributed by atoms with Crippen LogP contribution >= 0.6 is 11.8 Å². The monoisotopic (exact) mass is 341 g/mol. The van der Waals surface area contributed by atoms with Crippen LogP contribution in [0.25, 0.3) is 10.9 Å². The van der Waals surface area contributed by atoms with Gasteiger partial charge in [0.1, 0.15) is 0 Å². The van der Waals surface area contributed by atoms with Gasteiger partial charge in [0, 0.05) is 23.9 Å². The van der Waals surface area contributed by atoms with Gasteiger partial charge in [0.15, 0.2) is 0 Å². The largest absolute Gasteiger partial charge is 0.411 e. The minimum atomic E-state index is -0.814. The Labute approximate surface area is 144 Å². The van der Waals surface area contributed by atoms with Gasteiger partial charge >= 0.3 is 6.09 Å². The Balaban J connectivity index is 2.16. The lowest BCUT2D eigenvalue weighted by Gasteiger charge is -2.06. The molecule has 0 unspecified atom stereocenters. The molecule has 0 aliphatic carbocycles. The number of ether oxygens (including phenoxy) is 1. The molecule has 1 amide bonds. The summed E-state index contributed by atoms with van der Waals surface area (Å²) in [5, 5.41) is 4.19. The van der Waals surface area contributed by atoms with Crippen molar-refractivity contribution in [3.05, 3.63) is 54.1 Å². The van der Waals surface area contributed by atoms with Crippen LogP contribution in [-0.2, 0) is 13.6 Å². The molecule has 2 aromatic carbocycles. The van der Waals surface area contributed by atoms with Gasteiger partial charge in [-0.05, 0) is 36.9 Å². The number of amides is 1. The lowest BCUT2D eigenvalue weighted by molar-refractivity contribution is 0.206. The van der Waals surface area contributed by atoms with Gasteiger partial charge in [-0.25, -0.2) is 4.79 Å². The van der Waals surface area contributed by atoms with Gasteiger partial charge in [0.05, 0.1) is 10.4 Å². The summed E-state index contributed by atoms with van der Waals surface area (Å²) in [6.45, 7) is 0.770. The number of aromatic nitrogens is 1. The minimum Gasteiger partial charge on any atom is -0.392 e. The second-order valence-corrected chi connectivity index (χ2v) is 6.50. The maximum atomic E-state index is 11.3. The number of fused-ring (bicyclic) bond motifs is 1. The second kappa shape index (κ2) is 6.98. The lowest BCUT2D eigenvalue weighted by atomic mass is 10.1. The molecular formula is C18H19N3O2S. The maximum Gasteiger partial charge on any atom is 0.411 e. The quantitative estimate of drug-likeness (QED) is 0.745. The molecule has 1 heterocycles. The SMILES string of the molecule is CNCc1ccc2c(c1)c(Sc1ccccc1)c(OC(N)=O)n2C. The van der Waals surface area contributed by atoms with Crippen LogP contribution in [0.1, 0.15) is 5.56 Å². The molecule has 0 radical (unpaired) electrons. The third kappa shape index (κ3) is 3.25. The number of nitrogens with one attached hydrogen (secondary N) is 1. The summed E-state index contributed by atoms with van der Waals surface area (Å²) >= 11 is 1.56. The first-order valence-electron chi connectivity index (χ1n) is 7.56. The molecule has 3 aromatic rings. The third-order valence-corrected chi connectivity index (χ3v) is 4.81. The van der Waals surface area contributed by atoms with Gasteiger partial charge in [0.2, 0.25) is 5.88 Å². The highest BCUT2D eigenvalue weighted by Gasteiger charge is 2.19. The molecule has 0 spiro atoms. The normalized spacial score (nSPS) is 10.9. The van der Waals surface area contributed by atoms with Gasteiger partial charge in [-0.15, -0.1) is 0 Å². The molecule has 1 aromatic heterocycles. The molecule has 124 valence electrons. The summed E-state index contributed by atoms with van der Waals surface area (Å²) in [4.78, 5) is 13.3. The molecule has 6 heteroatoms. The number of rotatable bonds is 5. The molecule has 0 saturated carbocycles. The molecule has 5 nitrogen and oxygen atoms in total. The lowest BCUT2D eigenvalue weighted by Crippen LogP contribution is -2.18. The topological polar surface area (TPSA) is 69.3 Å². The standard InChI is InChI=1S/C18H19N3O2S/c1-20-11-12-8-9-15-14(10-12)16(17(21(15)2)23-18(19)22)24-13-6-4-3-5-7-13/h3-10,20H,11H2,1-2H3,(H2,19,22). The van der Waals surface area contributed by atoms with Crippen molar-refractivity contribution in [3.63, 3.8) is 0 Å². The zero-order chi connectivity index (χ0) is 17.1. The maximum absolute atomic E-state index is 11.3. The number of nitrogens with two attached hydrogens (primary N) is 1. The number of nitrogens with zero attached hydrogens (tertiary/aromatic N) is 1. The molecule has 0 aliphatic heterocycles. The highest BCUT2D eigenvalue weighted by atomic mass is 32.2. The molecule has 0 atom stereocenters. The van der Waals surface area contributed by atoms with Crippen molar-refractivity contribution in [1.82, 2.24) is 9.88 Å². The van der Waals surface area contributed by atoms with Crippen LogP contribution in [0.3, 0.4) is 0 Å². The van der Waals surface area contributed by atoms with E-state index in [1.807, 2.05) is 55.1 Å². The molecule has 3 rings (SSSR count). The van der Waals surface area contributed by atoms with E-state index in [4.69, 9.17) is 10.5 Å². The summed E-state index contributed by atoms with van der Waals surface area (Å²) in [7, 11) is 3.78. The van der Waals surface area contributed by atoms with Crippen LogP contribution in [0.5, 0.6) is 5.88 Å². The fraction of sp³-hybridized carbons (Fsp3) is 0.167. The Morgan fingerprint density at radius 2 is 2.00 bits per heavy atom. The Kier molecular flexibility index (Phi) is 4.78. The predicted octanol–water partition coefficient (Wildman–Crippen LogP) is 3.51. The Bertz CT molecular complexity index is 875. The number of hydrogen-bond acceptors (Lipinski definition) is 4. The average Bonchev–Trinajstić information content (AvgIpc) is 2.81. The van der Waals surface area contributed by atoms with Crippen LogP contribution in [0.2, 0.25) is 0 Å². The molecule has 0 aliphatic rings. The van der Waals surface area contributed by atoms with E-state index in [1.54, 1.807) is 11.8 Å². The average molecular weight is 341 g/mol. The molecule has 0 fully saturated rings. The van der Waals surface area contributed by atoms with E-state index in [1.165, 1.54) is 0 Å². The van der Waals surface area contributed by atoms with Gasteiger partial charge in [-0.1, -0.05) is 36.0 Å². The highest BCUT2D eigenvalue weighted by Crippen LogP contribution is 2.42. The summed E-state index contributed by atoms with van der Waals surface area (Å²) < 4.78 is 7.15. The van der Waals surface area contributed by atoms with Crippen LogP contribution in [0, 0.1) is 0 Å². The summed E-state index contributed by atoms with van der Waals surface area (Å²) in [6, 6.07) is 16.2. The highest BCUT2D eigenvalue weighted by molar-refractivity contribution is 7.99. The van der Waals surface area contributed by atoms with E-state index in [-0.39, 0.29) is 0 Å². The molecule has 0 saturated heterocycles. The zero-order valence-corrected chi connectivity index (χ0v) is 14.4. The van der Waals surface area contributed by atoms with Crippen molar-refractivity contribution < 1.29 is 9.53 Å². The van der Waals surface area contributed by atoms with Crippen molar-refractivity contribution in [2.75, 3.05) is 7.05 Å². The number of aryl methyl sites for hydroxylation is 1. The third-order valence-electron chi connectivity index (χ3n) is 3.71. The van der Waals surface area contributed by atoms with Gasteiger partial charge in [0.25, 0.3) is 0 Å². The van der Waals surface area contributed by atoms with Crippen LogP contribution in [0.4, 0.5) is 4.79 Å². The predicted molar refractivity (Wildman–Crippen MR) is 96.5 cm³/mol. The number of carbonyl (C=O) groups excluding carboxylic acids is 1. The van der Waals surface area contributed by atoms with E-state index >= 15 is 0 Å². The summed E-state index contributed by atoms with van der Waals surface area (Å²) in [5.74, 6) is 0.466. The number of carbonyl (C=O) groups is 1. The van der Waals surface area contributed by atoms with Crippen LogP contribution < -0.4 is 15.8 Å². The van der Waals surface area contributed by atoms with E-state index in [2.05, 4.69) is 17.4 Å². The zero-order valence-electron chi connectivity index (χ0n) is 13.6. The molecular weight excluding hydrogens is 322 g/mol. The first-order chi connectivity index (χ1) is 11.6. The van der Waals surface area contributed by atoms with Crippen molar-refractivity contribution in [3.8, 4) is 5.88 Å². The summed E-state index contributed by atoms with van der Waals surface area (Å²) in [5.41, 5.74) is 7.41. The fourth-order valence-corrected chi connectivity index (χ4v) is 3.73. The number of primary amides is 1. The summed E-state index contributed by atoms with van der Waals surface area (Å²) in [6.07, 6.45) is -0.814. The number of benzene rings is 2. The molecule has 3 N–H and O–H groups in total. The Morgan fingerprint density at radius 3 is 2.67 bits per heavy atom. The fourth-order valence-electron chi connectivity index (χ4n) is 2.66. The smallest absolute Gasteiger partial charge is 0.392 e. The first kappa shape index (κ1) is 16.4. The van der Waals surface area contributed by atoms with E-state index in [9.17, 15) is 4.79 Å². The second-order valence-electron chi connectivity index (χ2n) is 5.41. The first-order valence-corrected chi connectivity index (χ1v) is 8.38. The van der Waals surface area contributed by atoms with Crippen LogP contribution in [-0.4, -0.2) is 17.7 Å². The minimum absolute atomic E-state index is 0.466. The Morgan fingerprint density at radius 1 is 1.25 bits per heavy atom. The number of hydrogen-bond donors (Lipinski definition) is 2. The molecule has 0 bridgehead atoms. The van der Waals surface area contributed by atoms with E-state index < -0.39 is 6.09 Å². The van der Waals surface area contributed by atoms with Crippen molar-refractivity contribution in [2.24, 2.45) is 12.8 Å². The van der Waals surface area contributed by atoms with Crippen molar-refractivity contribution in [2.45, 2.75) is 16.3 Å². The van der Waals surface area contributed by atoms with Gasteiger partial charge in [-0.3, -0.25) is 0 Å². The van der Waals surface area contributed by atoms with Crippen molar-refractivity contribution in [1.29, 1.82) is 0 Å². The van der Waals surface area contributed by atoms with Gasteiger partial charge < -0.3 is 20.4 Å². The van der Waals surface area contributed by atoms with Gasteiger partial charge in [-0.2, -0.15) is 0 Å². The van der Waals surface area contributed by atoms with Crippen molar-refractivity contribution >= 4 is 28.8 Å². The van der Waals surface area contributed by atoms with E-state index in [0.29, 0.717) is 5.88 Å². The Hall–Kier alpha value is -2.44. The molecule has 24 heavy (non-hydrogen) atoms. The van der Waals surface area contributed by atoms with Crippen LogP contribution in [0.15, 0.2) is 58.3 Å². The van der Waals surface area contributed by atoms with E-state index in [0.717, 1.165) is 32.8 Å².